The average molecular weight is 294 g/mol. The molecule has 0 heterocycles. The van der Waals surface area contributed by atoms with Crippen molar-refractivity contribution in [1.29, 1.82) is 0 Å². The Labute approximate surface area is 60.5 Å². The van der Waals surface area contributed by atoms with Gasteiger partial charge in [-0.2, -0.15) is 0 Å². The van der Waals surface area contributed by atoms with Crippen molar-refractivity contribution in [1.82, 2.24) is 0 Å². The first kappa shape index (κ1) is 6.88. The third-order valence-electron chi connectivity index (χ3n) is 1.23. The van der Waals surface area contributed by atoms with Crippen LogP contribution in [-0.4, -0.2) is 0 Å². The third kappa shape index (κ3) is 1.59. The van der Waals surface area contributed by atoms with E-state index in [0.717, 1.165) is 6.42 Å². The molecule has 9 heavy (non-hydrogen) atoms. The molecule has 0 aliphatic heterocycles. The van der Waals surface area contributed by atoms with E-state index in [1.165, 1.54) is 3.96 Å². The maximum absolute atomic E-state index is 10.1. The van der Waals surface area contributed by atoms with Gasteiger partial charge in [-0.1, -0.05) is 0 Å². The van der Waals surface area contributed by atoms with E-state index in [1.54, 1.807) is 0 Å². The summed E-state index contributed by atoms with van der Waals surface area (Å²) >= 11 is -1.86. The van der Waals surface area contributed by atoms with E-state index in [0.29, 0.717) is 0 Å². The Kier molecular flexibility index (Phi) is 2.35. The molecule has 0 bridgehead atoms. The van der Waals surface area contributed by atoms with Gasteiger partial charge in [-0.05, 0) is 0 Å². The van der Waals surface area contributed by atoms with E-state index >= 15 is 0 Å². The van der Waals surface area contributed by atoms with Crippen LogP contribution < -0.4 is 0 Å². The average Bonchev–Trinajstić information content (AvgIpc) is 2.37. The van der Waals surface area contributed by atoms with Crippen LogP contribution in [0.5, 0.6) is 0 Å². The zero-order valence-electron chi connectivity index (χ0n) is 5.20. The number of hydrogen-bond acceptors (Lipinski definition) is 2. The van der Waals surface area contributed by atoms with Crippen LogP contribution in [0.1, 0.15) is 6.42 Å². The molecule has 0 N–H and O–H groups in total. The van der Waals surface area contributed by atoms with Crippen molar-refractivity contribution in [2.75, 3.05) is 0 Å². The minimum absolute atomic E-state index is 0.982. The van der Waals surface area contributed by atoms with E-state index in [-0.39, 0.29) is 0 Å². The second-order valence-corrected chi connectivity index (χ2v) is 7.67. The molecule has 0 atom stereocenters. The van der Waals surface area contributed by atoms with Gasteiger partial charge >= 0.3 is 60.1 Å². The Morgan fingerprint density at radius 2 is 2.56 bits per heavy atom. The van der Waals surface area contributed by atoms with Crippen LogP contribution >= 0.6 is 0 Å². The number of nitrogens with zero attached hydrogens (tertiary/aromatic N) is 1. The summed E-state index contributed by atoms with van der Waals surface area (Å²) < 4.78 is 4.42. The minimum atomic E-state index is -1.86. The SMILES string of the molecule is [CH3][W]([N]=O)[C]1=CC=CC1. The van der Waals surface area contributed by atoms with Gasteiger partial charge in [0.05, 0.1) is 0 Å². The van der Waals surface area contributed by atoms with Gasteiger partial charge in [0.1, 0.15) is 0 Å². The Morgan fingerprint density at radius 3 is 3.00 bits per heavy atom. The van der Waals surface area contributed by atoms with Crippen molar-refractivity contribution in [3.63, 3.8) is 0 Å². The molecular formula is C6H8NOW. The third-order valence-corrected chi connectivity index (χ3v) is 5.85. The van der Waals surface area contributed by atoms with Crippen LogP contribution in [0, 0.1) is 4.91 Å². The fourth-order valence-electron chi connectivity index (χ4n) is 0.695. The predicted octanol–water partition coefficient (Wildman–Crippen LogP) is 2.18. The van der Waals surface area contributed by atoms with E-state index < -0.39 is 17.6 Å². The number of allylic oxidation sites excluding steroid dienone is 4. The molecule has 0 aromatic carbocycles. The van der Waals surface area contributed by atoms with Crippen molar-refractivity contribution in [3.8, 4) is 0 Å². The van der Waals surface area contributed by atoms with Gasteiger partial charge in [-0.15, -0.1) is 0 Å². The van der Waals surface area contributed by atoms with Gasteiger partial charge in [0, 0.05) is 0 Å². The summed E-state index contributed by atoms with van der Waals surface area (Å²) in [6.45, 7) is 0. The Balaban J connectivity index is 2.54. The molecule has 0 fully saturated rings. The number of hydrogen-bond donors (Lipinski definition) is 0. The summed E-state index contributed by atoms with van der Waals surface area (Å²) in [5.74, 6) is 0. The van der Waals surface area contributed by atoms with Crippen LogP contribution in [0.2, 0.25) is 5.31 Å². The van der Waals surface area contributed by atoms with Gasteiger partial charge < -0.3 is 0 Å². The van der Waals surface area contributed by atoms with Gasteiger partial charge in [0.25, 0.3) is 0 Å². The van der Waals surface area contributed by atoms with Gasteiger partial charge in [0.15, 0.2) is 0 Å². The first-order chi connectivity index (χ1) is 4.34. The molecule has 0 aromatic rings. The summed E-state index contributed by atoms with van der Waals surface area (Å²) in [4.78, 5) is 10.1. The summed E-state index contributed by atoms with van der Waals surface area (Å²) in [6.07, 6.45) is 7.10. The molecule has 49 valence electrons. The molecule has 0 saturated carbocycles. The van der Waals surface area contributed by atoms with E-state index in [4.69, 9.17) is 0 Å². The molecule has 2 nitrogen and oxygen atoms in total. The molecule has 0 aromatic heterocycles. The van der Waals surface area contributed by atoms with Crippen molar-refractivity contribution in [3.05, 3.63) is 27.1 Å². The monoisotopic (exact) mass is 294 g/mol. The van der Waals surface area contributed by atoms with Crippen LogP contribution in [0.15, 0.2) is 25.9 Å². The second-order valence-electron chi connectivity index (χ2n) is 1.82. The predicted molar refractivity (Wildman–Crippen MR) is 33.5 cm³/mol. The topological polar surface area (TPSA) is 29.4 Å². The van der Waals surface area contributed by atoms with Crippen LogP contribution in [0.25, 0.3) is 0 Å². The second kappa shape index (κ2) is 3.07. The molecule has 3 heteroatoms. The summed E-state index contributed by atoms with van der Waals surface area (Å²) in [7, 11) is 0. The van der Waals surface area contributed by atoms with Crippen LogP contribution in [-0.2, 0) is 17.6 Å². The quantitative estimate of drug-likeness (QED) is 0.718. The summed E-state index contributed by atoms with van der Waals surface area (Å²) in [5.41, 5.74) is 0. The molecular weight excluding hydrogens is 286 g/mol. The Bertz CT molecular complexity index is 174. The van der Waals surface area contributed by atoms with Gasteiger partial charge in [-0.25, -0.2) is 0 Å². The van der Waals surface area contributed by atoms with Crippen molar-refractivity contribution >= 4 is 0 Å². The van der Waals surface area contributed by atoms with Crippen molar-refractivity contribution < 1.29 is 17.6 Å². The number of nitroso groups, excluding NO2 is 1. The van der Waals surface area contributed by atoms with E-state index in [1.807, 2.05) is 17.5 Å². The van der Waals surface area contributed by atoms with E-state index in [2.05, 4.69) is 9.81 Å². The maximum atomic E-state index is 10.1. The molecule has 0 spiro atoms. The molecule has 0 saturated heterocycles. The zero-order valence-corrected chi connectivity index (χ0v) is 8.14. The molecule has 0 radical (unpaired) electrons. The Hall–Kier alpha value is -0.232. The van der Waals surface area contributed by atoms with Gasteiger partial charge in [0.2, 0.25) is 0 Å². The number of rotatable bonds is 2. The fourth-order valence-corrected chi connectivity index (χ4v) is 3.24. The summed E-state index contributed by atoms with van der Waals surface area (Å²) in [6, 6.07) is 0. The van der Waals surface area contributed by atoms with Gasteiger partial charge in [-0.3, -0.25) is 0 Å². The molecule has 1 aliphatic rings. The first-order valence-corrected chi connectivity index (χ1v) is 8.41. The molecule has 0 amide bonds. The first-order valence-electron chi connectivity index (χ1n) is 2.69. The zero-order chi connectivity index (χ0) is 6.69. The molecule has 1 aliphatic carbocycles. The van der Waals surface area contributed by atoms with Crippen LogP contribution in [0.4, 0.5) is 0 Å². The molecule has 1 rings (SSSR count). The van der Waals surface area contributed by atoms with Crippen molar-refractivity contribution in [2.24, 2.45) is 3.74 Å². The Morgan fingerprint density at radius 1 is 1.78 bits per heavy atom. The summed E-state index contributed by atoms with van der Waals surface area (Å²) in [5, 5.41) is 2.01. The van der Waals surface area contributed by atoms with Crippen molar-refractivity contribution in [2.45, 2.75) is 11.7 Å². The normalized spacial score (nSPS) is 16.4. The van der Waals surface area contributed by atoms with E-state index in [9.17, 15) is 4.91 Å². The standard InChI is InChI=1S/C5H5.CH3.NO.W/c1-2-4-5-3-1;;1-2;/h1-3H,4H2;1H3;;/q;;-1;+1. The fraction of sp³-hybridized carbons (Fsp3) is 0.333. The van der Waals surface area contributed by atoms with Crippen LogP contribution in [0.3, 0.4) is 0 Å². The molecule has 0 unspecified atom stereocenters.